The summed E-state index contributed by atoms with van der Waals surface area (Å²) in [6, 6.07) is 0.388. The van der Waals surface area contributed by atoms with Gasteiger partial charge in [0.1, 0.15) is 0 Å². The lowest BCUT2D eigenvalue weighted by molar-refractivity contribution is 0.0582. The van der Waals surface area contributed by atoms with Crippen LogP contribution in [0.3, 0.4) is 0 Å². The predicted molar refractivity (Wildman–Crippen MR) is 43.3 cm³/mol. The molecule has 1 rings (SSSR count). The van der Waals surface area contributed by atoms with Gasteiger partial charge in [0.25, 0.3) is 0 Å². The molecule has 3 heteroatoms. The molecule has 2 N–H and O–H groups in total. The monoisotopic (exact) mass is 159 g/mol. The van der Waals surface area contributed by atoms with Gasteiger partial charge in [0.05, 0.1) is 18.8 Å². The minimum absolute atomic E-state index is 0.0324. The summed E-state index contributed by atoms with van der Waals surface area (Å²) >= 11 is 0. The number of hydrogen-bond acceptors (Lipinski definition) is 3. The van der Waals surface area contributed by atoms with Gasteiger partial charge in [-0.05, 0) is 20.3 Å². The third kappa shape index (κ3) is 1.72. The average molecular weight is 159 g/mol. The van der Waals surface area contributed by atoms with Crippen LogP contribution >= 0.6 is 0 Å². The SMILES string of the molecule is CC(C)N1CC[C@H](O)[C@H]1CO. The molecule has 0 spiro atoms. The molecule has 1 aliphatic heterocycles. The van der Waals surface area contributed by atoms with Crippen molar-refractivity contribution in [1.29, 1.82) is 0 Å². The van der Waals surface area contributed by atoms with Crippen LogP contribution in [-0.4, -0.2) is 46.5 Å². The first kappa shape index (κ1) is 8.97. The fraction of sp³-hybridized carbons (Fsp3) is 1.00. The third-order valence-corrected chi connectivity index (χ3v) is 2.40. The van der Waals surface area contributed by atoms with Gasteiger partial charge >= 0.3 is 0 Å². The average Bonchev–Trinajstić information content (AvgIpc) is 2.30. The van der Waals surface area contributed by atoms with Crippen molar-refractivity contribution in [2.45, 2.75) is 38.5 Å². The fourth-order valence-corrected chi connectivity index (χ4v) is 1.73. The summed E-state index contributed by atoms with van der Waals surface area (Å²) in [5, 5.41) is 18.4. The van der Waals surface area contributed by atoms with Crippen LogP contribution in [-0.2, 0) is 0 Å². The van der Waals surface area contributed by atoms with E-state index in [-0.39, 0.29) is 18.8 Å². The second-order valence-electron chi connectivity index (χ2n) is 3.44. The normalized spacial score (nSPS) is 33.5. The van der Waals surface area contributed by atoms with Crippen molar-refractivity contribution < 1.29 is 10.2 Å². The van der Waals surface area contributed by atoms with Crippen LogP contribution < -0.4 is 0 Å². The molecule has 0 aromatic carbocycles. The number of rotatable bonds is 2. The maximum absolute atomic E-state index is 9.41. The van der Waals surface area contributed by atoms with Crippen molar-refractivity contribution >= 4 is 0 Å². The Labute approximate surface area is 67.6 Å². The van der Waals surface area contributed by atoms with Crippen LogP contribution in [0.15, 0.2) is 0 Å². The Balaban J connectivity index is 2.54. The molecule has 0 aliphatic carbocycles. The smallest absolute Gasteiger partial charge is 0.0730 e. The lowest BCUT2D eigenvalue weighted by Gasteiger charge is -2.27. The van der Waals surface area contributed by atoms with E-state index in [1.807, 2.05) is 0 Å². The Morgan fingerprint density at radius 2 is 2.18 bits per heavy atom. The third-order valence-electron chi connectivity index (χ3n) is 2.40. The van der Waals surface area contributed by atoms with E-state index in [2.05, 4.69) is 18.7 Å². The lowest BCUT2D eigenvalue weighted by atomic mass is 10.2. The zero-order valence-electron chi connectivity index (χ0n) is 7.20. The standard InChI is InChI=1S/C8H17NO2/c1-6(2)9-4-3-8(11)7(9)5-10/h6-8,10-11H,3-5H2,1-2H3/t7-,8+/m1/s1. The maximum atomic E-state index is 9.41. The molecule has 1 saturated heterocycles. The topological polar surface area (TPSA) is 43.7 Å². The Morgan fingerprint density at radius 3 is 2.55 bits per heavy atom. The minimum Gasteiger partial charge on any atom is -0.395 e. The molecule has 0 radical (unpaired) electrons. The molecule has 0 aromatic heterocycles. The second kappa shape index (κ2) is 3.52. The van der Waals surface area contributed by atoms with Crippen molar-refractivity contribution in [1.82, 2.24) is 4.90 Å². The van der Waals surface area contributed by atoms with Crippen LogP contribution in [0.5, 0.6) is 0 Å². The van der Waals surface area contributed by atoms with Crippen LogP contribution in [0.2, 0.25) is 0 Å². The predicted octanol–water partition coefficient (Wildman–Crippen LogP) is -0.178. The molecule has 11 heavy (non-hydrogen) atoms. The van der Waals surface area contributed by atoms with Gasteiger partial charge in [0.15, 0.2) is 0 Å². The summed E-state index contributed by atoms with van der Waals surface area (Å²) in [6.07, 6.45) is 0.464. The molecular weight excluding hydrogens is 142 g/mol. The summed E-state index contributed by atoms with van der Waals surface area (Å²) in [7, 11) is 0. The molecule has 66 valence electrons. The minimum atomic E-state index is -0.331. The van der Waals surface area contributed by atoms with E-state index in [9.17, 15) is 5.11 Å². The number of aliphatic hydroxyl groups is 2. The lowest BCUT2D eigenvalue weighted by Crippen LogP contribution is -2.42. The van der Waals surface area contributed by atoms with Crippen LogP contribution in [0, 0.1) is 0 Å². The van der Waals surface area contributed by atoms with Crippen LogP contribution in [0.25, 0.3) is 0 Å². The van der Waals surface area contributed by atoms with Gasteiger partial charge in [-0.2, -0.15) is 0 Å². The first-order chi connectivity index (χ1) is 5.16. The van der Waals surface area contributed by atoms with Crippen molar-refractivity contribution in [3.05, 3.63) is 0 Å². The highest BCUT2D eigenvalue weighted by Gasteiger charge is 2.33. The number of aliphatic hydroxyl groups excluding tert-OH is 2. The summed E-state index contributed by atoms with van der Waals surface area (Å²) in [4.78, 5) is 2.14. The van der Waals surface area contributed by atoms with Gasteiger partial charge in [-0.1, -0.05) is 0 Å². The van der Waals surface area contributed by atoms with E-state index >= 15 is 0 Å². The zero-order valence-corrected chi connectivity index (χ0v) is 7.20. The highest BCUT2D eigenvalue weighted by atomic mass is 16.3. The molecule has 0 unspecified atom stereocenters. The number of likely N-dealkylation sites (tertiary alicyclic amines) is 1. The first-order valence-corrected chi connectivity index (χ1v) is 4.21. The van der Waals surface area contributed by atoms with Crippen LogP contribution in [0.4, 0.5) is 0 Å². The Hall–Kier alpha value is -0.120. The second-order valence-corrected chi connectivity index (χ2v) is 3.44. The summed E-state index contributed by atoms with van der Waals surface area (Å²) in [6.45, 7) is 5.14. The molecule has 1 aliphatic rings. The molecule has 0 saturated carbocycles. The van der Waals surface area contributed by atoms with Crippen molar-refractivity contribution in [2.75, 3.05) is 13.2 Å². The molecule has 1 fully saturated rings. The van der Waals surface area contributed by atoms with Gasteiger partial charge in [-0.15, -0.1) is 0 Å². The molecule has 0 bridgehead atoms. The molecule has 3 nitrogen and oxygen atoms in total. The summed E-state index contributed by atoms with van der Waals surface area (Å²) in [5.41, 5.74) is 0. The van der Waals surface area contributed by atoms with E-state index in [4.69, 9.17) is 5.11 Å². The Bertz CT molecular complexity index is 127. The maximum Gasteiger partial charge on any atom is 0.0730 e. The first-order valence-electron chi connectivity index (χ1n) is 4.21. The summed E-state index contributed by atoms with van der Waals surface area (Å²) in [5.74, 6) is 0. The quantitative estimate of drug-likeness (QED) is 0.587. The van der Waals surface area contributed by atoms with Crippen molar-refractivity contribution in [2.24, 2.45) is 0 Å². The molecule has 0 aromatic rings. The Morgan fingerprint density at radius 1 is 1.55 bits per heavy atom. The molecule has 2 atom stereocenters. The van der Waals surface area contributed by atoms with Gasteiger partial charge in [0, 0.05) is 12.6 Å². The molecular formula is C8H17NO2. The van der Waals surface area contributed by atoms with Gasteiger partial charge < -0.3 is 10.2 Å². The highest BCUT2D eigenvalue weighted by Crippen LogP contribution is 2.19. The van der Waals surface area contributed by atoms with Crippen molar-refractivity contribution in [3.63, 3.8) is 0 Å². The Kier molecular flexibility index (Phi) is 2.87. The van der Waals surface area contributed by atoms with E-state index < -0.39 is 0 Å². The van der Waals surface area contributed by atoms with Crippen molar-refractivity contribution in [3.8, 4) is 0 Å². The fourth-order valence-electron chi connectivity index (χ4n) is 1.73. The van der Waals surface area contributed by atoms with Gasteiger partial charge in [-0.3, -0.25) is 4.90 Å². The number of hydrogen-bond donors (Lipinski definition) is 2. The summed E-state index contributed by atoms with van der Waals surface area (Å²) < 4.78 is 0. The zero-order chi connectivity index (χ0) is 8.43. The van der Waals surface area contributed by atoms with E-state index in [1.54, 1.807) is 0 Å². The highest BCUT2D eigenvalue weighted by molar-refractivity contribution is 4.87. The molecule has 0 amide bonds. The molecule has 1 heterocycles. The van der Waals surface area contributed by atoms with E-state index in [0.717, 1.165) is 13.0 Å². The largest absolute Gasteiger partial charge is 0.395 e. The van der Waals surface area contributed by atoms with Crippen LogP contribution in [0.1, 0.15) is 20.3 Å². The van der Waals surface area contributed by atoms with E-state index in [0.29, 0.717) is 6.04 Å². The van der Waals surface area contributed by atoms with Gasteiger partial charge in [-0.25, -0.2) is 0 Å². The number of nitrogens with zero attached hydrogens (tertiary/aromatic N) is 1. The van der Waals surface area contributed by atoms with E-state index in [1.165, 1.54) is 0 Å². The van der Waals surface area contributed by atoms with Gasteiger partial charge in [0.2, 0.25) is 0 Å².